The SMILES string of the molecule is COCCC1(CNC(C)CC2CC2)CCC1. The number of methoxy groups -OCH3 is 1. The summed E-state index contributed by atoms with van der Waals surface area (Å²) >= 11 is 0. The number of hydrogen-bond acceptors (Lipinski definition) is 2. The summed E-state index contributed by atoms with van der Waals surface area (Å²) in [6.45, 7) is 4.49. The lowest BCUT2D eigenvalue weighted by Gasteiger charge is -2.43. The van der Waals surface area contributed by atoms with E-state index >= 15 is 0 Å². The van der Waals surface area contributed by atoms with Crippen molar-refractivity contribution in [3.8, 4) is 0 Å². The zero-order valence-corrected chi connectivity index (χ0v) is 10.9. The predicted octanol–water partition coefficient (Wildman–Crippen LogP) is 2.97. The van der Waals surface area contributed by atoms with E-state index in [1.165, 1.54) is 51.5 Å². The molecule has 2 fully saturated rings. The highest BCUT2D eigenvalue weighted by Crippen LogP contribution is 2.43. The lowest BCUT2D eigenvalue weighted by molar-refractivity contribution is 0.0664. The third kappa shape index (κ3) is 3.46. The minimum Gasteiger partial charge on any atom is -0.385 e. The molecule has 0 aromatic rings. The summed E-state index contributed by atoms with van der Waals surface area (Å²) in [5, 5.41) is 3.75. The van der Waals surface area contributed by atoms with E-state index < -0.39 is 0 Å². The van der Waals surface area contributed by atoms with Crippen molar-refractivity contribution >= 4 is 0 Å². The lowest BCUT2D eigenvalue weighted by atomic mass is 9.66. The highest BCUT2D eigenvalue weighted by atomic mass is 16.5. The van der Waals surface area contributed by atoms with Gasteiger partial charge in [-0.15, -0.1) is 0 Å². The minimum atomic E-state index is 0.577. The van der Waals surface area contributed by atoms with Crippen LogP contribution in [0.4, 0.5) is 0 Å². The van der Waals surface area contributed by atoms with Gasteiger partial charge in [0, 0.05) is 26.3 Å². The van der Waals surface area contributed by atoms with Crippen molar-refractivity contribution in [2.75, 3.05) is 20.3 Å². The summed E-state index contributed by atoms with van der Waals surface area (Å²) in [4.78, 5) is 0. The summed E-state index contributed by atoms with van der Waals surface area (Å²) < 4.78 is 5.23. The molecule has 0 aliphatic heterocycles. The molecule has 1 atom stereocenters. The van der Waals surface area contributed by atoms with Crippen LogP contribution in [0, 0.1) is 11.3 Å². The molecule has 1 unspecified atom stereocenters. The molecule has 0 aromatic carbocycles. The van der Waals surface area contributed by atoms with E-state index in [4.69, 9.17) is 4.74 Å². The molecule has 2 heteroatoms. The van der Waals surface area contributed by atoms with E-state index in [1.54, 1.807) is 0 Å². The van der Waals surface area contributed by atoms with Gasteiger partial charge in [0.1, 0.15) is 0 Å². The first kappa shape index (κ1) is 12.4. The van der Waals surface area contributed by atoms with E-state index in [0.29, 0.717) is 11.5 Å². The zero-order chi connectivity index (χ0) is 11.4. The van der Waals surface area contributed by atoms with Gasteiger partial charge in [0.25, 0.3) is 0 Å². The fraction of sp³-hybridized carbons (Fsp3) is 1.00. The molecule has 0 aromatic heterocycles. The standard InChI is InChI=1S/C14H27NO/c1-12(10-13-4-5-13)15-11-14(6-3-7-14)8-9-16-2/h12-13,15H,3-11H2,1-2H3. The van der Waals surface area contributed by atoms with Crippen LogP contribution in [-0.4, -0.2) is 26.3 Å². The first-order valence-electron chi connectivity index (χ1n) is 6.96. The molecule has 2 rings (SSSR count). The van der Waals surface area contributed by atoms with Crippen LogP contribution in [0.5, 0.6) is 0 Å². The van der Waals surface area contributed by atoms with Crippen molar-refractivity contribution in [3.05, 3.63) is 0 Å². The van der Waals surface area contributed by atoms with Crippen molar-refractivity contribution in [3.63, 3.8) is 0 Å². The van der Waals surface area contributed by atoms with Crippen LogP contribution in [-0.2, 0) is 4.74 Å². The van der Waals surface area contributed by atoms with Crippen LogP contribution in [0.15, 0.2) is 0 Å². The average Bonchev–Trinajstić information content (AvgIpc) is 3.00. The molecule has 0 radical (unpaired) electrons. The van der Waals surface area contributed by atoms with Gasteiger partial charge in [-0.1, -0.05) is 19.3 Å². The van der Waals surface area contributed by atoms with E-state index in [9.17, 15) is 0 Å². The van der Waals surface area contributed by atoms with Gasteiger partial charge in [0.15, 0.2) is 0 Å². The van der Waals surface area contributed by atoms with Crippen LogP contribution in [0.2, 0.25) is 0 Å². The van der Waals surface area contributed by atoms with Gasteiger partial charge < -0.3 is 10.1 Å². The van der Waals surface area contributed by atoms with Gasteiger partial charge in [-0.3, -0.25) is 0 Å². The Morgan fingerprint density at radius 3 is 2.62 bits per heavy atom. The molecular weight excluding hydrogens is 198 g/mol. The Kier molecular flexibility index (Phi) is 4.26. The normalized spacial score (nSPS) is 25.1. The number of hydrogen-bond donors (Lipinski definition) is 1. The fourth-order valence-corrected chi connectivity index (χ4v) is 2.84. The summed E-state index contributed by atoms with van der Waals surface area (Å²) in [6.07, 6.45) is 9.80. The van der Waals surface area contributed by atoms with Crippen LogP contribution >= 0.6 is 0 Å². The third-order valence-electron chi connectivity index (χ3n) is 4.46. The molecule has 2 aliphatic carbocycles. The van der Waals surface area contributed by atoms with Gasteiger partial charge in [-0.05, 0) is 43.9 Å². The average molecular weight is 225 g/mol. The van der Waals surface area contributed by atoms with Crippen molar-refractivity contribution < 1.29 is 4.74 Å². The molecule has 16 heavy (non-hydrogen) atoms. The monoisotopic (exact) mass is 225 g/mol. The Labute approximate surface area is 100 Å². The summed E-state index contributed by atoms with van der Waals surface area (Å²) in [6, 6.07) is 0.715. The van der Waals surface area contributed by atoms with Crippen LogP contribution in [0.1, 0.15) is 51.9 Å². The maximum absolute atomic E-state index is 5.23. The van der Waals surface area contributed by atoms with Gasteiger partial charge in [-0.25, -0.2) is 0 Å². The zero-order valence-electron chi connectivity index (χ0n) is 10.9. The van der Waals surface area contributed by atoms with Gasteiger partial charge in [0.05, 0.1) is 0 Å². The Bertz CT molecular complexity index is 209. The lowest BCUT2D eigenvalue weighted by Crippen LogP contribution is -2.43. The predicted molar refractivity (Wildman–Crippen MR) is 67.6 cm³/mol. The fourth-order valence-electron chi connectivity index (χ4n) is 2.84. The molecular formula is C14H27NO. The Morgan fingerprint density at radius 2 is 2.12 bits per heavy atom. The molecule has 0 heterocycles. The van der Waals surface area contributed by atoms with E-state index in [-0.39, 0.29) is 0 Å². The topological polar surface area (TPSA) is 21.3 Å². The molecule has 0 bridgehead atoms. The van der Waals surface area contributed by atoms with Crippen LogP contribution < -0.4 is 5.32 Å². The largest absolute Gasteiger partial charge is 0.385 e. The molecule has 0 spiro atoms. The van der Waals surface area contributed by atoms with Crippen molar-refractivity contribution in [2.24, 2.45) is 11.3 Å². The quantitative estimate of drug-likeness (QED) is 0.685. The first-order valence-corrected chi connectivity index (χ1v) is 6.96. The smallest absolute Gasteiger partial charge is 0.0468 e. The first-order chi connectivity index (χ1) is 7.74. The van der Waals surface area contributed by atoms with E-state index in [0.717, 1.165) is 12.5 Å². The molecule has 2 nitrogen and oxygen atoms in total. The Balaban J connectivity index is 1.65. The molecule has 2 aliphatic rings. The number of nitrogens with one attached hydrogen (secondary N) is 1. The second kappa shape index (κ2) is 5.50. The van der Waals surface area contributed by atoms with Gasteiger partial charge >= 0.3 is 0 Å². The van der Waals surface area contributed by atoms with Crippen LogP contribution in [0.3, 0.4) is 0 Å². The molecule has 0 saturated heterocycles. The maximum atomic E-state index is 5.23. The van der Waals surface area contributed by atoms with E-state index in [1.807, 2.05) is 7.11 Å². The third-order valence-corrected chi connectivity index (χ3v) is 4.46. The highest BCUT2D eigenvalue weighted by Gasteiger charge is 2.36. The van der Waals surface area contributed by atoms with Crippen LogP contribution in [0.25, 0.3) is 0 Å². The Morgan fingerprint density at radius 1 is 1.38 bits per heavy atom. The van der Waals surface area contributed by atoms with E-state index in [2.05, 4.69) is 12.2 Å². The van der Waals surface area contributed by atoms with Gasteiger partial charge in [0.2, 0.25) is 0 Å². The van der Waals surface area contributed by atoms with Crippen molar-refractivity contribution in [1.82, 2.24) is 5.32 Å². The Hall–Kier alpha value is -0.0800. The molecule has 0 amide bonds. The highest BCUT2D eigenvalue weighted by molar-refractivity contribution is 4.90. The summed E-state index contributed by atoms with van der Waals surface area (Å²) in [5.74, 6) is 1.04. The minimum absolute atomic E-state index is 0.577. The summed E-state index contributed by atoms with van der Waals surface area (Å²) in [5.41, 5.74) is 0.577. The maximum Gasteiger partial charge on any atom is 0.0468 e. The molecule has 2 saturated carbocycles. The van der Waals surface area contributed by atoms with Crippen molar-refractivity contribution in [2.45, 2.75) is 57.9 Å². The van der Waals surface area contributed by atoms with Crippen molar-refractivity contribution in [1.29, 1.82) is 0 Å². The second-order valence-corrected chi connectivity index (χ2v) is 6.06. The number of rotatable bonds is 8. The molecule has 1 N–H and O–H groups in total. The number of ether oxygens (including phenoxy) is 1. The molecule has 94 valence electrons. The summed E-state index contributed by atoms with van der Waals surface area (Å²) in [7, 11) is 1.81. The van der Waals surface area contributed by atoms with Gasteiger partial charge in [-0.2, -0.15) is 0 Å². The second-order valence-electron chi connectivity index (χ2n) is 6.06.